The van der Waals surface area contributed by atoms with Gasteiger partial charge in [0.2, 0.25) is 5.91 Å². The van der Waals surface area contributed by atoms with Crippen LogP contribution in [-0.4, -0.2) is 53.8 Å². The average Bonchev–Trinajstić information content (AvgIpc) is 2.84. The first-order valence-corrected chi connectivity index (χ1v) is 12.0. The molecular formula is C27H35N3O2. The van der Waals surface area contributed by atoms with E-state index in [0.29, 0.717) is 24.7 Å². The summed E-state index contributed by atoms with van der Waals surface area (Å²) in [6.07, 6.45) is 3.79. The molecule has 0 radical (unpaired) electrons. The molecule has 5 nitrogen and oxygen atoms in total. The largest absolute Gasteiger partial charge is 0.354 e. The fraction of sp³-hybridized carbons (Fsp3) is 0.481. The van der Waals surface area contributed by atoms with Gasteiger partial charge in [-0.3, -0.25) is 14.5 Å². The number of likely N-dealkylation sites (tertiary alicyclic amines) is 1. The van der Waals surface area contributed by atoms with Crippen molar-refractivity contribution in [1.29, 1.82) is 0 Å². The predicted octanol–water partition coefficient (Wildman–Crippen LogP) is 3.80. The van der Waals surface area contributed by atoms with E-state index in [0.717, 1.165) is 50.9 Å². The van der Waals surface area contributed by atoms with E-state index < -0.39 is 0 Å². The fourth-order valence-electron chi connectivity index (χ4n) is 4.98. The lowest BCUT2D eigenvalue weighted by atomic mass is 9.95. The maximum Gasteiger partial charge on any atom is 0.253 e. The number of benzene rings is 2. The minimum Gasteiger partial charge on any atom is -0.354 e. The Morgan fingerprint density at radius 3 is 2.56 bits per heavy atom. The highest BCUT2D eigenvalue weighted by Crippen LogP contribution is 2.22. The monoisotopic (exact) mass is 433 g/mol. The zero-order chi connectivity index (χ0) is 22.5. The minimum atomic E-state index is -0.127. The second-order valence-corrected chi connectivity index (χ2v) is 9.25. The Balaban J connectivity index is 1.31. The predicted molar refractivity (Wildman–Crippen MR) is 127 cm³/mol. The number of amides is 2. The van der Waals surface area contributed by atoms with Gasteiger partial charge in [-0.2, -0.15) is 0 Å². The molecule has 0 aromatic heterocycles. The van der Waals surface area contributed by atoms with Crippen molar-refractivity contribution in [2.75, 3.05) is 26.2 Å². The average molecular weight is 434 g/mol. The summed E-state index contributed by atoms with van der Waals surface area (Å²) in [7, 11) is 0. The molecule has 2 aromatic rings. The lowest BCUT2D eigenvalue weighted by Gasteiger charge is -2.36. The summed E-state index contributed by atoms with van der Waals surface area (Å²) in [5.41, 5.74) is 4.69. The number of fused-ring (bicyclic) bond motifs is 1. The van der Waals surface area contributed by atoms with Gasteiger partial charge in [-0.25, -0.2) is 0 Å². The van der Waals surface area contributed by atoms with Crippen molar-refractivity contribution in [3.05, 3.63) is 70.8 Å². The van der Waals surface area contributed by atoms with Crippen molar-refractivity contribution in [3.63, 3.8) is 0 Å². The standard InChI is InChI=1S/C27H35N3O2/c1-3-25(29-16-14-21-7-4-5-8-23(21)18-29)17-28-26(31)24-9-6-15-30(19-24)27(32)22-12-10-20(2)11-13-22/h4-5,7-8,10-13,24-25H,3,6,9,14-19H2,1-2H3,(H,28,31). The zero-order valence-corrected chi connectivity index (χ0v) is 19.3. The molecule has 2 aromatic carbocycles. The molecule has 2 aliphatic heterocycles. The second kappa shape index (κ2) is 10.3. The number of hydrogen-bond donors (Lipinski definition) is 1. The van der Waals surface area contributed by atoms with Gasteiger partial charge in [0.05, 0.1) is 5.92 Å². The van der Waals surface area contributed by atoms with Crippen LogP contribution in [-0.2, 0) is 17.8 Å². The number of nitrogens with zero attached hydrogens (tertiary/aromatic N) is 2. The number of hydrogen-bond acceptors (Lipinski definition) is 3. The van der Waals surface area contributed by atoms with Crippen molar-refractivity contribution in [2.24, 2.45) is 5.92 Å². The molecule has 0 aliphatic carbocycles. The van der Waals surface area contributed by atoms with Crippen LogP contribution in [0.1, 0.15) is 53.2 Å². The highest BCUT2D eigenvalue weighted by Gasteiger charge is 2.30. The lowest BCUT2D eigenvalue weighted by Crippen LogP contribution is -2.49. The summed E-state index contributed by atoms with van der Waals surface area (Å²) in [6.45, 7) is 8.09. The summed E-state index contributed by atoms with van der Waals surface area (Å²) < 4.78 is 0. The van der Waals surface area contributed by atoms with E-state index in [2.05, 4.69) is 41.4 Å². The van der Waals surface area contributed by atoms with Crippen molar-refractivity contribution in [1.82, 2.24) is 15.1 Å². The molecule has 1 saturated heterocycles. The van der Waals surface area contributed by atoms with Gasteiger partial charge in [0, 0.05) is 44.3 Å². The van der Waals surface area contributed by atoms with Gasteiger partial charge in [-0.05, 0) is 55.9 Å². The lowest BCUT2D eigenvalue weighted by molar-refractivity contribution is -0.126. The Morgan fingerprint density at radius 2 is 1.81 bits per heavy atom. The van der Waals surface area contributed by atoms with Crippen LogP contribution in [0.15, 0.2) is 48.5 Å². The molecule has 2 aliphatic rings. The van der Waals surface area contributed by atoms with Crippen LogP contribution in [0.25, 0.3) is 0 Å². The summed E-state index contributed by atoms with van der Waals surface area (Å²) in [5, 5.41) is 3.21. The highest BCUT2D eigenvalue weighted by atomic mass is 16.2. The number of rotatable bonds is 6. The van der Waals surface area contributed by atoms with E-state index in [9.17, 15) is 9.59 Å². The van der Waals surface area contributed by atoms with Gasteiger partial charge in [0.25, 0.3) is 5.91 Å². The first-order valence-electron chi connectivity index (χ1n) is 12.0. The molecule has 0 spiro atoms. The molecule has 0 bridgehead atoms. The normalized spacial score (nSPS) is 19.8. The minimum absolute atomic E-state index is 0.0286. The summed E-state index contributed by atoms with van der Waals surface area (Å²) in [6, 6.07) is 16.7. The molecule has 4 rings (SSSR count). The smallest absolute Gasteiger partial charge is 0.253 e. The van der Waals surface area contributed by atoms with Crippen LogP contribution in [0.5, 0.6) is 0 Å². The van der Waals surface area contributed by atoms with Crippen LogP contribution in [0.3, 0.4) is 0 Å². The van der Waals surface area contributed by atoms with Gasteiger partial charge in [0.15, 0.2) is 0 Å². The van der Waals surface area contributed by atoms with E-state index in [-0.39, 0.29) is 17.7 Å². The maximum absolute atomic E-state index is 13.0. The Bertz CT molecular complexity index is 940. The van der Waals surface area contributed by atoms with Gasteiger partial charge in [-0.1, -0.05) is 48.9 Å². The van der Waals surface area contributed by atoms with Crippen LogP contribution < -0.4 is 5.32 Å². The second-order valence-electron chi connectivity index (χ2n) is 9.25. The molecule has 2 amide bonds. The van der Waals surface area contributed by atoms with Crippen LogP contribution >= 0.6 is 0 Å². The Labute approximate surface area is 191 Å². The first-order chi connectivity index (χ1) is 15.5. The van der Waals surface area contributed by atoms with Crippen molar-refractivity contribution in [2.45, 2.75) is 52.1 Å². The van der Waals surface area contributed by atoms with Crippen molar-refractivity contribution < 1.29 is 9.59 Å². The highest BCUT2D eigenvalue weighted by molar-refractivity contribution is 5.94. The molecule has 1 N–H and O–H groups in total. The van der Waals surface area contributed by atoms with E-state index >= 15 is 0 Å². The molecule has 2 unspecified atom stereocenters. The van der Waals surface area contributed by atoms with Crippen LogP contribution in [0.2, 0.25) is 0 Å². The number of aryl methyl sites for hydroxylation is 1. The Kier molecular flexibility index (Phi) is 7.26. The van der Waals surface area contributed by atoms with E-state index in [1.54, 1.807) is 0 Å². The number of carbonyl (C=O) groups excluding carboxylic acids is 2. The van der Waals surface area contributed by atoms with Gasteiger partial charge >= 0.3 is 0 Å². The molecule has 32 heavy (non-hydrogen) atoms. The first kappa shape index (κ1) is 22.5. The van der Waals surface area contributed by atoms with Gasteiger partial charge < -0.3 is 10.2 Å². The third kappa shape index (κ3) is 5.21. The molecule has 2 heterocycles. The Morgan fingerprint density at radius 1 is 1.06 bits per heavy atom. The van der Waals surface area contributed by atoms with Crippen LogP contribution in [0.4, 0.5) is 0 Å². The third-order valence-electron chi connectivity index (χ3n) is 7.04. The topological polar surface area (TPSA) is 52.7 Å². The summed E-state index contributed by atoms with van der Waals surface area (Å²) in [5.74, 6) is -0.0130. The molecule has 2 atom stereocenters. The Hall–Kier alpha value is -2.66. The van der Waals surface area contributed by atoms with Gasteiger partial charge in [0.1, 0.15) is 0 Å². The zero-order valence-electron chi connectivity index (χ0n) is 19.3. The summed E-state index contributed by atoms with van der Waals surface area (Å²) >= 11 is 0. The maximum atomic E-state index is 13.0. The van der Waals surface area contributed by atoms with E-state index in [4.69, 9.17) is 0 Å². The van der Waals surface area contributed by atoms with Crippen LogP contribution in [0, 0.1) is 12.8 Å². The number of carbonyl (C=O) groups is 2. The number of nitrogens with one attached hydrogen (secondary N) is 1. The van der Waals surface area contributed by atoms with Gasteiger partial charge in [-0.15, -0.1) is 0 Å². The summed E-state index contributed by atoms with van der Waals surface area (Å²) in [4.78, 5) is 30.2. The quantitative estimate of drug-likeness (QED) is 0.754. The molecule has 5 heteroatoms. The fourth-order valence-corrected chi connectivity index (χ4v) is 4.98. The van der Waals surface area contributed by atoms with Crippen molar-refractivity contribution >= 4 is 11.8 Å². The molecule has 0 saturated carbocycles. The van der Waals surface area contributed by atoms with E-state index in [1.165, 1.54) is 11.1 Å². The molecular weight excluding hydrogens is 398 g/mol. The molecule has 1 fully saturated rings. The van der Waals surface area contributed by atoms with E-state index in [1.807, 2.05) is 36.1 Å². The van der Waals surface area contributed by atoms with Crippen molar-refractivity contribution in [3.8, 4) is 0 Å². The molecule has 170 valence electrons. The SMILES string of the molecule is CCC(CNC(=O)C1CCCN(C(=O)c2ccc(C)cc2)C1)N1CCc2ccccc2C1. The number of piperidine rings is 1. The third-order valence-corrected chi connectivity index (χ3v) is 7.04.